The Labute approximate surface area is 114 Å². The van der Waals surface area contributed by atoms with Gasteiger partial charge in [-0.2, -0.15) is 0 Å². The van der Waals surface area contributed by atoms with Crippen molar-refractivity contribution in [1.29, 1.82) is 0 Å². The maximum Gasteiger partial charge on any atom is 0.128 e. The van der Waals surface area contributed by atoms with E-state index in [9.17, 15) is 5.11 Å². The minimum absolute atomic E-state index is 0.296. The highest BCUT2D eigenvalue weighted by Gasteiger charge is 2.50. The van der Waals surface area contributed by atoms with Gasteiger partial charge in [0.1, 0.15) is 11.4 Å². The van der Waals surface area contributed by atoms with Crippen LogP contribution >= 0.6 is 0 Å². The van der Waals surface area contributed by atoms with Gasteiger partial charge in [-0.1, -0.05) is 18.2 Å². The molecule has 2 fully saturated rings. The summed E-state index contributed by atoms with van der Waals surface area (Å²) in [5.41, 5.74) is 1.62. The third-order valence-corrected chi connectivity index (χ3v) is 5.09. The summed E-state index contributed by atoms with van der Waals surface area (Å²) in [6.45, 7) is 2.95. The third-order valence-electron chi connectivity index (χ3n) is 5.09. The van der Waals surface area contributed by atoms with Crippen LogP contribution < -0.4 is 4.74 Å². The second-order valence-electron chi connectivity index (χ2n) is 6.11. The smallest absolute Gasteiger partial charge is 0.128 e. The molecule has 0 aliphatic carbocycles. The molecular formula is C16H21NO2. The SMILES string of the molecule is OC1(c2cccc3c2OCCC3)CCN2CCCC21. The van der Waals surface area contributed by atoms with Gasteiger partial charge in [0.15, 0.2) is 0 Å². The van der Waals surface area contributed by atoms with Gasteiger partial charge >= 0.3 is 0 Å². The Bertz CT molecular complexity index is 502. The molecule has 2 saturated heterocycles. The molecule has 3 aliphatic heterocycles. The molecular weight excluding hydrogens is 238 g/mol. The lowest BCUT2D eigenvalue weighted by Gasteiger charge is -2.33. The van der Waals surface area contributed by atoms with Crippen LogP contribution in [0.5, 0.6) is 5.75 Å². The average molecular weight is 259 g/mol. The molecule has 1 N–H and O–H groups in total. The van der Waals surface area contributed by atoms with Crippen molar-refractivity contribution in [2.24, 2.45) is 0 Å². The zero-order valence-corrected chi connectivity index (χ0v) is 11.3. The van der Waals surface area contributed by atoms with E-state index in [4.69, 9.17) is 4.74 Å². The van der Waals surface area contributed by atoms with E-state index in [1.165, 1.54) is 12.0 Å². The molecule has 2 unspecified atom stereocenters. The summed E-state index contributed by atoms with van der Waals surface area (Å²) in [5.74, 6) is 0.977. The van der Waals surface area contributed by atoms with Gasteiger partial charge in [0.2, 0.25) is 0 Å². The number of aliphatic hydroxyl groups is 1. The first-order valence-corrected chi connectivity index (χ1v) is 7.51. The molecule has 0 aromatic heterocycles. The molecule has 0 saturated carbocycles. The van der Waals surface area contributed by atoms with Gasteiger partial charge in [0.05, 0.1) is 6.61 Å². The van der Waals surface area contributed by atoms with E-state index in [0.717, 1.165) is 56.7 Å². The van der Waals surface area contributed by atoms with Crippen LogP contribution in [0.3, 0.4) is 0 Å². The molecule has 1 aromatic carbocycles. The summed E-state index contributed by atoms with van der Waals surface area (Å²) in [6, 6.07) is 6.59. The summed E-state index contributed by atoms with van der Waals surface area (Å²) >= 11 is 0. The van der Waals surface area contributed by atoms with Gasteiger partial charge < -0.3 is 9.84 Å². The number of benzene rings is 1. The number of para-hydroxylation sites is 1. The lowest BCUT2D eigenvalue weighted by molar-refractivity contribution is 0.00641. The molecule has 0 amide bonds. The molecule has 3 heteroatoms. The van der Waals surface area contributed by atoms with Crippen molar-refractivity contribution in [3.63, 3.8) is 0 Å². The topological polar surface area (TPSA) is 32.7 Å². The van der Waals surface area contributed by atoms with Crippen LogP contribution in [0, 0.1) is 0 Å². The molecule has 2 atom stereocenters. The van der Waals surface area contributed by atoms with Crippen molar-refractivity contribution in [1.82, 2.24) is 4.90 Å². The van der Waals surface area contributed by atoms with Crippen molar-refractivity contribution in [3.05, 3.63) is 29.3 Å². The second-order valence-corrected chi connectivity index (χ2v) is 6.11. The predicted molar refractivity (Wildman–Crippen MR) is 73.4 cm³/mol. The number of aryl methyl sites for hydroxylation is 1. The van der Waals surface area contributed by atoms with Crippen LogP contribution in [0.1, 0.15) is 36.8 Å². The van der Waals surface area contributed by atoms with E-state index in [-0.39, 0.29) is 0 Å². The van der Waals surface area contributed by atoms with Gasteiger partial charge in [-0.15, -0.1) is 0 Å². The largest absolute Gasteiger partial charge is 0.493 e. The van der Waals surface area contributed by atoms with Gasteiger partial charge in [-0.3, -0.25) is 4.90 Å². The highest BCUT2D eigenvalue weighted by molar-refractivity contribution is 5.47. The number of rotatable bonds is 1. The molecule has 1 aromatic rings. The molecule has 4 rings (SSSR count). The molecule has 19 heavy (non-hydrogen) atoms. The lowest BCUT2D eigenvalue weighted by Crippen LogP contribution is -2.39. The minimum Gasteiger partial charge on any atom is -0.493 e. The summed E-state index contributed by atoms with van der Waals surface area (Å²) < 4.78 is 5.90. The van der Waals surface area contributed by atoms with E-state index in [1.807, 2.05) is 0 Å². The zero-order chi connectivity index (χ0) is 12.9. The van der Waals surface area contributed by atoms with Gasteiger partial charge in [-0.05, 0) is 44.2 Å². The molecule has 102 valence electrons. The first-order chi connectivity index (χ1) is 9.29. The van der Waals surface area contributed by atoms with Crippen LogP contribution in [0.2, 0.25) is 0 Å². The minimum atomic E-state index is -0.695. The monoisotopic (exact) mass is 259 g/mol. The molecule has 3 nitrogen and oxygen atoms in total. The molecule has 3 aliphatic rings. The fraction of sp³-hybridized carbons (Fsp3) is 0.625. The van der Waals surface area contributed by atoms with Gasteiger partial charge in [0.25, 0.3) is 0 Å². The second kappa shape index (κ2) is 4.22. The molecule has 0 bridgehead atoms. The van der Waals surface area contributed by atoms with Crippen molar-refractivity contribution in [3.8, 4) is 5.75 Å². The Kier molecular flexibility index (Phi) is 2.61. The van der Waals surface area contributed by atoms with E-state index in [0.29, 0.717) is 6.04 Å². The zero-order valence-electron chi connectivity index (χ0n) is 11.3. The van der Waals surface area contributed by atoms with Gasteiger partial charge in [-0.25, -0.2) is 0 Å². The Hall–Kier alpha value is -1.06. The van der Waals surface area contributed by atoms with E-state index < -0.39 is 5.60 Å². The first-order valence-electron chi connectivity index (χ1n) is 7.51. The fourth-order valence-electron chi connectivity index (χ4n) is 4.16. The number of hydrogen-bond acceptors (Lipinski definition) is 3. The Morgan fingerprint density at radius 1 is 1.26 bits per heavy atom. The van der Waals surface area contributed by atoms with Crippen LogP contribution in [-0.4, -0.2) is 35.7 Å². The van der Waals surface area contributed by atoms with E-state index in [2.05, 4.69) is 23.1 Å². The highest BCUT2D eigenvalue weighted by Crippen LogP contribution is 2.47. The Morgan fingerprint density at radius 2 is 2.21 bits per heavy atom. The molecule has 0 radical (unpaired) electrons. The van der Waals surface area contributed by atoms with Crippen molar-refractivity contribution >= 4 is 0 Å². The van der Waals surface area contributed by atoms with Crippen LogP contribution in [0.15, 0.2) is 18.2 Å². The fourth-order valence-corrected chi connectivity index (χ4v) is 4.16. The maximum absolute atomic E-state index is 11.3. The van der Waals surface area contributed by atoms with Crippen molar-refractivity contribution in [2.45, 2.75) is 43.7 Å². The van der Waals surface area contributed by atoms with Gasteiger partial charge in [0, 0.05) is 18.2 Å². The van der Waals surface area contributed by atoms with Crippen LogP contribution in [0.4, 0.5) is 0 Å². The number of nitrogens with zero attached hydrogens (tertiary/aromatic N) is 1. The summed E-state index contributed by atoms with van der Waals surface area (Å²) in [7, 11) is 0. The summed E-state index contributed by atoms with van der Waals surface area (Å²) in [6.07, 6.45) is 5.33. The Balaban J connectivity index is 1.79. The number of hydrogen-bond donors (Lipinski definition) is 1. The summed E-state index contributed by atoms with van der Waals surface area (Å²) in [5, 5.41) is 11.3. The lowest BCUT2D eigenvalue weighted by atomic mass is 9.83. The molecule has 0 spiro atoms. The Morgan fingerprint density at radius 3 is 3.16 bits per heavy atom. The third kappa shape index (κ3) is 1.65. The van der Waals surface area contributed by atoms with Crippen molar-refractivity contribution in [2.75, 3.05) is 19.7 Å². The van der Waals surface area contributed by atoms with E-state index >= 15 is 0 Å². The number of fused-ring (bicyclic) bond motifs is 2. The number of ether oxygens (including phenoxy) is 1. The average Bonchev–Trinajstić information content (AvgIpc) is 3.03. The van der Waals surface area contributed by atoms with Crippen molar-refractivity contribution < 1.29 is 9.84 Å². The first kappa shape index (κ1) is 11.7. The van der Waals surface area contributed by atoms with Crippen LogP contribution in [0.25, 0.3) is 0 Å². The van der Waals surface area contributed by atoms with Crippen LogP contribution in [-0.2, 0) is 12.0 Å². The standard InChI is InChI=1S/C16H21NO2/c18-16(8-10-17-9-2-7-14(16)17)13-6-1-4-12-5-3-11-19-15(12)13/h1,4,6,14,18H,2-3,5,7-11H2. The molecule has 3 heterocycles. The summed E-state index contributed by atoms with van der Waals surface area (Å²) in [4.78, 5) is 2.45. The quantitative estimate of drug-likeness (QED) is 0.838. The maximum atomic E-state index is 11.3. The van der Waals surface area contributed by atoms with E-state index in [1.54, 1.807) is 0 Å². The highest BCUT2D eigenvalue weighted by atomic mass is 16.5. The normalized spacial score (nSPS) is 33.8. The predicted octanol–water partition coefficient (Wildman–Crippen LogP) is 2.07.